The second-order valence-corrected chi connectivity index (χ2v) is 13.4. The van der Waals surface area contributed by atoms with Crippen LogP contribution in [0.15, 0.2) is 108 Å². The highest BCUT2D eigenvalue weighted by molar-refractivity contribution is 9.10. The SMILES string of the molecule is Brc1ccc(C23CC4CC(C2)CC(c2ccc(-c5nc(-c6ccccc6)nc(-c6ccccn6)n5)cc2)(C4)C3)cc1. The van der Waals surface area contributed by atoms with Crippen LogP contribution in [0.2, 0.25) is 0 Å². The van der Waals surface area contributed by atoms with Gasteiger partial charge in [-0.1, -0.05) is 88.7 Å². The molecule has 4 fully saturated rings. The van der Waals surface area contributed by atoms with Crippen molar-refractivity contribution in [2.75, 3.05) is 0 Å². The van der Waals surface area contributed by atoms with E-state index in [1.165, 1.54) is 49.7 Å². The summed E-state index contributed by atoms with van der Waals surface area (Å²) < 4.78 is 1.16. The fourth-order valence-corrected chi connectivity index (χ4v) is 8.81. The van der Waals surface area contributed by atoms with Crippen molar-refractivity contribution in [3.05, 3.63) is 119 Å². The molecular formula is C36H31BrN4. The molecule has 0 amide bonds. The second-order valence-electron chi connectivity index (χ2n) is 12.5. The summed E-state index contributed by atoms with van der Waals surface area (Å²) in [5, 5.41) is 0. The molecule has 4 bridgehead atoms. The van der Waals surface area contributed by atoms with E-state index in [1.807, 2.05) is 48.5 Å². The van der Waals surface area contributed by atoms with Crippen LogP contribution in [0.1, 0.15) is 49.7 Å². The summed E-state index contributed by atoms with van der Waals surface area (Å²) in [7, 11) is 0. The van der Waals surface area contributed by atoms with E-state index in [0.717, 1.165) is 33.1 Å². The zero-order valence-corrected chi connectivity index (χ0v) is 24.5. The molecule has 9 rings (SSSR count). The molecule has 4 aliphatic rings. The van der Waals surface area contributed by atoms with Crippen molar-refractivity contribution in [1.29, 1.82) is 0 Å². The lowest BCUT2D eigenvalue weighted by atomic mass is 9.42. The van der Waals surface area contributed by atoms with Crippen LogP contribution in [0.5, 0.6) is 0 Å². The zero-order chi connectivity index (χ0) is 27.4. The van der Waals surface area contributed by atoms with Gasteiger partial charge >= 0.3 is 0 Å². The minimum atomic E-state index is 0.253. The van der Waals surface area contributed by atoms with Crippen molar-refractivity contribution in [3.8, 4) is 34.3 Å². The van der Waals surface area contributed by atoms with E-state index in [0.29, 0.717) is 22.9 Å². The maximum atomic E-state index is 4.93. The molecule has 2 heterocycles. The van der Waals surface area contributed by atoms with Gasteiger partial charge in [0.2, 0.25) is 0 Å². The molecule has 0 aliphatic heterocycles. The van der Waals surface area contributed by atoms with E-state index in [4.69, 9.17) is 15.0 Å². The van der Waals surface area contributed by atoms with E-state index >= 15 is 0 Å². The Labute approximate surface area is 249 Å². The molecule has 0 saturated heterocycles. The van der Waals surface area contributed by atoms with Gasteiger partial charge in [-0.25, -0.2) is 15.0 Å². The van der Waals surface area contributed by atoms with Gasteiger partial charge in [0.05, 0.1) is 0 Å². The van der Waals surface area contributed by atoms with Crippen molar-refractivity contribution >= 4 is 15.9 Å². The lowest BCUT2D eigenvalue weighted by molar-refractivity contribution is -0.0281. The van der Waals surface area contributed by atoms with Crippen molar-refractivity contribution in [2.24, 2.45) is 11.8 Å². The molecule has 0 radical (unpaired) electrons. The molecule has 2 atom stereocenters. The number of hydrogen-bond donors (Lipinski definition) is 0. The van der Waals surface area contributed by atoms with Crippen molar-refractivity contribution in [1.82, 2.24) is 19.9 Å². The van der Waals surface area contributed by atoms with Gasteiger partial charge in [-0.05, 0) is 96.6 Å². The zero-order valence-electron chi connectivity index (χ0n) is 22.9. The van der Waals surface area contributed by atoms with E-state index in [9.17, 15) is 0 Å². The quantitative estimate of drug-likeness (QED) is 0.203. The highest BCUT2D eigenvalue weighted by Crippen LogP contribution is 2.66. The minimum absolute atomic E-state index is 0.253. The number of benzene rings is 3. The van der Waals surface area contributed by atoms with Gasteiger partial charge in [-0.2, -0.15) is 0 Å². The van der Waals surface area contributed by atoms with Gasteiger partial charge in [0.25, 0.3) is 0 Å². The third-order valence-electron chi connectivity index (χ3n) is 9.83. The maximum Gasteiger partial charge on any atom is 0.182 e. The van der Waals surface area contributed by atoms with Gasteiger partial charge in [-0.15, -0.1) is 0 Å². The van der Waals surface area contributed by atoms with Crippen LogP contribution < -0.4 is 0 Å². The number of halogens is 1. The number of nitrogens with zero attached hydrogens (tertiary/aromatic N) is 4. The minimum Gasteiger partial charge on any atom is -0.253 e. The summed E-state index contributed by atoms with van der Waals surface area (Å²) in [5.74, 6) is 3.58. The van der Waals surface area contributed by atoms with Crippen molar-refractivity contribution in [3.63, 3.8) is 0 Å². The van der Waals surface area contributed by atoms with E-state index in [-0.39, 0.29) is 5.41 Å². The molecule has 3 aromatic carbocycles. The highest BCUT2D eigenvalue weighted by Gasteiger charge is 2.58. The molecule has 5 heteroatoms. The first-order valence-corrected chi connectivity index (χ1v) is 15.5. The Morgan fingerprint density at radius 3 is 1.68 bits per heavy atom. The smallest absolute Gasteiger partial charge is 0.182 e. The first kappa shape index (κ1) is 25.0. The second kappa shape index (κ2) is 9.70. The molecule has 5 aromatic rings. The molecule has 4 saturated carbocycles. The highest BCUT2D eigenvalue weighted by atomic mass is 79.9. The third kappa shape index (κ3) is 4.42. The van der Waals surface area contributed by atoms with Gasteiger partial charge < -0.3 is 0 Å². The van der Waals surface area contributed by atoms with Crippen LogP contribution >= 0.6 is 15.9 Å². The summed E-state index contributed by atoms with van der Waals surface area (Å²) in [6, 6.07) is 34.3. The monoisotopic (exact) mass is 598 g/mol. The standard InChI is InChI=1S/C36H31BrN4/c37-30-15-13-29(14-16-30)36-21-24-18-25(22-36)20-35(19-24,23-36)28-11-9-27(10-12-28)33-39-32(26-6-2-1-3-7-26)40-34(41-33)31-8-4-5-17-38-31/h1-17,24-25H,18-23H2. The number of rotatable bonds is 5. The number of hydrogen-bond acceptors (Lipinski definition) is 4. The summed E-state index contributed by atoms with van der Waals surface area (Å²) in [6.07, 6.45) is 9.75. The average Bonchev–Trinajstić information content (AvgIpc) is 3.01. The van der Waals surface area contributed by atoms with Crippen molar-refractivity contribution in [2.45, 2.75) is 49.4 Å². The molecule has 202 valence electrons. The molecule has 0 N–H and O–H groups in total. The van der Waals surface area contributed by atoms with Crippen LogP contribution in [0, 0.1) is 11.8 Å². The molecule has 41 heavy (non-hydrogen) atoms. The first-order valence-electron chi connectivity index (χ1n) is 14.7. The first-order chi connectivity index (χ1) is 20.1. The predicted octanol–water partition coefficient (Wildman–Crippen LogP) is 8.82. The fourth-order valence-electron chi connectivity index (χ4n) is 8.55. The topological polar surface area (TPSA) is 51.6 Å². The fraction of sp³-hybridized carbons (Fsp3) is 0.278. The third-order valence-corrected chi connectivity index (χ3v) is 10.4. The van der Waals surface area contributed by atoms with Crippen LogP contribution in [0.25, 0.3) is 34.3 Å². The van der Waals surface area contributed by atoms with Crippen LogP contribution in [0.4, 0.5) is 0 Å². The predicted molar refractivity (Wildman–Crippen MR) is 166 cm³/mol. The number of pyridine rings is 1. The summed E-state index contributed by atoms with van der Waals surface area (Å²) in [5.41, 5.74) is 6.31. The van der Waals surface area contributed by atoms with E-state index in [1.54, 1.807) is 6.20 Å². The van der Waals surface area contributed by atoms with Crippen LogP contribution in [-0.2, 0) is 10.8 Å². The Balaban J connectivity index is 1.17. The average molecular weight is 600 g/mol. The Hall–Kier alpha value is -3.70. The van der Waals surface area contributed by atoms with Gasteiger partial charge in [-0.3, -0.25) is 4.98 Å². The van der Waals surface area contributed by atoms with Crippen LogP contribution in [-0.4, -0.2) is 19.9 Å². The maximum absolute atomic E-state index is 4.93. The Kier molecular flexibility index (Phi) is 5.92. The molecule has 0 spiro atoms. The normalized spacial score (nSPS) is 26.3. The molecule has 2 aromatic heterocycles. The van der Waals surface area contributed by atoms with Gasteiger partial charge in [0.1, 0.15) is 5.69 Å². The lowest BCUT2D eigenvalue weighted by Crippen LogP contribution is -2.55. The molecular weight excluding hydrogens is 568 g/mol. The molecule has 4 aliphatic carbocycles. The lowest BCUT2D eigenvalue weighted by Gasteiger charge is -2.63. The Morgan fingerprint density at radius 2 is 1.10 bits per heavy atom. The Bertz CT molecular complexity index is 1630. The van der Waals surface area contributed by atoms with E-state index < -0.39 is 0 Å². The van der Waals surface area contributed by atoms with Crippen LogP contribution in [0.3, 0.4) is 0 Å². The summed E-state index contributed by atoms with van der Waals surface area (Å²) >= 11 is 3.65. The molecule has 4 nitrogen and oxygen atoms in total. The summed E-state index contributed by atoms with van der Waals surface area (Å²) in [4.78, 5) is 19.1. The molecule has 2 unspecified atom stereocenters. The van der Waals surface area contributed by atoms with Crippen molar-refractivity contribution < 1.29 is 0 Å². The largest absolute Gasteiger partial charge is 0.253 e. The number of aromatic nitrogens is 4. The summed E-state index contributed by atoms with van der Waals surface area (Å²) in [6.45, 7) is 0. The van der Waals surface area contributed by atoms with Gasteiger partial charge in [0, 0.05) is 21.8 Å². The Morgan fingerprint density at radius 1 is 0.561 bits per heavy atom. The van der Waals surface area contributed by atoms with E-state index in [2.05, 4.69) is 69.4 Å². The van der Waals surface area contributed by atoms with Gasteiger partial charge in [0.15, 0.2) is 17.5 Å².